The first-order chi connectivity index (χ1) is 9.42. The van der Waals surface area contributed by atoms with Crippen molar-refractivity contribution in [1.29, 1.82) is 0 Å². The summed E-state index contributed by atoms with van der Waals surface area (Å²) in [5.74, 6) is 1.51. The van der Waals surface area contributed by atoms with Crippen LogP contribution in [0.15, 0.2) is 4.52 Å². The lowest BCUT2D eigenvalue weighted by atomic mass is 10.2. The molecule has 1 aliphatic carbocycles. The van der Waals surface area contributed by atoms with Gasteiger partial charge in [-0.3, -0.25) is 0 Å². The Hall–Kier alpha value is -1.10. The van der Waals surface area contributed by atoms with Crippen molar-refractivity contribution in [2.45, 2.75) is 64.0 Å². The summed E-state index contributed by atoms with van der Waals surface area (Å²) in [5, 5.41) is 7.64. The minimum atomic E-state index is 0.647. The first-order valence-corrected chi connectivity index (χ1v) is 7.73. The SMILES string of the molecule is C1CCCN(c2noc(CNC3CCCC3)n2)CC1. The van der Waals surface area contributed by atoms with E-state index in [1.165, 1.54) is 51.4 Å². The summed E-state index contributed by atoms with van der Waals surface area (Å²) in [5.41, 5.74) is 0. The number of rotatable bonds is 4. The third kappa shape index (κ3) is 3.47. The first-order valence-electron chi connectivity index (χ1n) is 7.73. The zero-order chi connectivity index (χ0) is 12.9. The molecule has 2 aliphatic rings. The second-order valence-corrected chi connectivity index (χ2v) is 5.75. The van der Waals surface area contributed by atoms with Gasteiger partial charge < -0.3 is 14.7 Å². The fourth-order valence-corrected chi connectivity index (χ4v) is 3.08. The van der Waals surface area contributed by atoms with Crippen molar-refractivity contribution in [2.75, 3.05) is 18.0 Å². The molecule has 0 unspecified atom stereocenters. The monoisotopic (exact) mass is 264 g/mol. The van der Waals surface area contributed by atoms with E-state index in [0.29, 0.717) is 12.6 Å². The van der Waals surface area contributed by atoms with Crippen molar-refractivity contribution >= 4 is 5.95 Å². The lowest BCUT2D eigenvalue weighted by Gasteiger charge is -2.16. The summed E-state index contributed by atoms with van der Waals surface area (Å²) in [7, 11) is 0. The van der Waals surface area contributed by atoms with Gasteiger partial charge in [0.1, 0.15) is 0 Å². The molecule has 106 valence electrons. The van der Waals surface area contributed by atoms with Crippen molar-refractivity contribution in [2.24, 2.45) is 0 Å². The summed E-state index contributed by atoms with van der Waals surface area (Å²) in [6.45, 7) is 2.84. The Morgan fingerprint density at radius 1 is 1.05 bits per heavy atom. The number of aromatic nitrogens is 2. The second-order valence-electron chi connectivity index (χ2n) is 5.75. The summed E-state index contributed by atoms with van der Waals surface area (Å²) in [6.07, 6.45) is 10.4. The highest BCUT2D eigenvalue weighted by molar-refractivity contribution is 5.27. The average Bonchev–Trinajstić information content (AvgIpc) is 3.03. The fraction of sp³-hybridized carbons (Fsp3) is 0.857. The van der Waals surface area contributed by atoms with Crippen LogP contribution in [0.4, 0.5) is 5.95 Å². The van der Waals surface area contributed by atoms with Gasteiger partial charge in [0.05, 0.1) is 6.54 Å². The number of hydrogen-bond donors (Lipinski definition) is 1. The normalized spacial score (nSPS) is 21.8. The Bertz CT molecular complexity index is 379. The molecule has 1 N–H and O–H groups in total. The summed E-state index contributed by atoms with van der Waals surface area (Å²) < 4.78 is 5.35. The van der Waals surface area contributed by atoms with Gasteiger partial charge in [-0.15, -0.1) is 0 Å². The molecule has 2 heterocycles. The van der Waals surface area contributed by atoms with E-state index >= 15 is 0 Å². The van der Waals surface area contributed by atoms with E-state index in [9.17, 15) is 0 Å². The number of hydrogen-bond acceptors (Lipinski definition) is 5. The highest BCUT2D eigenvalue weighted by Gasteiger charge is 2.18. The second kappa shape index (κ2) is 6.37. The molecule has 2 fully saturated rings. The van der Waals surface area contributed by atoms with Crippen LogP contribution in [0.3, 0.4) is 0 Å². The highest BCUT2D eigenvalue weighted by Crippen LogP contribution is 2.19. The molecule has 0 atom stereocenters. The van der Waals surface area contributed by atoms with Crippen LogP contribution < -0.4 is 10.2 Å². The highest BCUT2D eigenvalue weighted by atomic mass is 16.5. The maximum atomic E-state index is 5.35. The van der Waals surface area contributed by atoms with Crippen LogP contribution in [0.1, 0.15) is 57.3 Å². The smallest absolute Gasteiger partial charge is 0.266 e. The van der Waals surface area contributed by atoms with Crippen molar-refractivity contribution in [3.63, 3.8) is 0 Å². The van der Waals surface area contributed by atoms with Crippen molar-refractivity contribution in [3.8, 4) is 0 Å². The molecule has 5 nitrogen and oxygen atoms in total. The van der Waals surface area contributed by atoms with Gasteiger partial charge in [-0.05, 0) is 30.8 Å². The summed E-state index contributed by atoms with van der Waals surface area (Å²) in [4.78, 5) is 6.78. The first kappa shape index (κ1) is 12.9. The molecule has 5 heteroatoms. The molecule has 1 saturated carbocycles. The van der Waals surface area contributed by atoms with Crippen LogP contribution in [0.2, 0.25) is 0 Å². The number of nitrogens with one attached hydrogen (secondary N) is 1. The molecule has 1 aromatic heterocycles. The number of anilines is 1. The quantitative estimate of drug-likeness (QED) is 0.905. The van der Waals surface area contributed by atoms with E-state index in [4.69, 9.17) is 4.52 Å². The van der Waals surface area contributed by atoms with Gasteiger partial charge in [-0.2, -0.15) is 4.98 Å². The average molecular weight is 264 g/mol. The van der Waals surface area contributed by atoms with Gasteiger partial charge >= 0.3 is 0 Å². The Balaban J connectivity index is 1.52. The third-order valence-corrected chi connectivity index (χ3v) is 4.24. The molecule has 3 rings (SSSR count). The molecule has 0 radical (unpaired) electrons. The van der Waals surface area contributed by atoms with Crippen molar-refractivity contribution < 1.29 is 4.52 Å². The standard InChI is InChI=1S/C14H24N4O/c1-2-6-10-18(9-5-1)14-16-13(19-17-14)11-15-12-7-3-4-8-12/h12,15H,1-11H2. The van der Waals surface area contributed by atoms with Crippen LogP contribution in [0, 0.1) is 0 Å². The number of nitrogens with zero attached hydrogens (tertiary/aromatic N) is 3. The van der Waals surface area contributed by atoms with E-state index < -0.39 is 0 Å². The van der Waals surface area contributed by atoms with Crippen molar-refractivity contribution in [1.82, 2.24) is 15.5 Å². The van der Waals surface area contributed by atoms with Crippen molar-refractivity contribution in [3.05, 3.63) is 5.89 Å². The molecule has 0 aromatic carbocycles. The Labute approximate surface area is 114 Å². The Morgan fingerprint density at radius 2 is 1.79 bits per heavy atom. The lowest BCUT2D eigenvalue weighted by Crippen LogP contribution is -2.26. The van der Waals surface area contributed by atoms with E-state index in [0.717, 1.165) is 24.9 Å². The summed E-state index contributed by atoms with van der Waals surface area (Å²) >= 11 is 0. The van der Waals surface area contributed by atoms with E-state index in [1.807, 2.05) is 0 Å². The molecule has 0 amide bonds. The molecule has 1 aromatic rings. The Kier molecular flexibility index (Phi) is 4.33. The maximum Gasteiger partial charge on any atom is 0.266 e. The van der Waals surface area contributed by atoms with Crippen LogP contribution in [-0.4, -0.2) is 29.3 Å². The lowest BCUT2D eigenvalue weighted by molar-refractivity contribution is 0.356. The topological polar surface area (TPSA) is 54.2 Å². The molecule has 0 bridgehead atoms. The third-order valence-electron chi connectivity index (χ3n) is 4.24. The molecule has 0 spiro atoms. The molecular formula is C14H24N4O. The predicted molar refractivity (Wildman–Crippen MR) is 74.1 cm³/mol. The Morgan fingerprint density at radius 3 is 2.53 bits per heavy atom. The minimum absolute atomic E-state index is 0.647. The van der Waals surface area contributed by atoms with Gasteiger partial charge in [0.2, 0.25) is 5.89 Å². The van der Waals surface area contributed by atoms with Crippen LogP contribution >= 0.6 is 0 Å². The fourth-order valence-electron chi connectivity index (χ4n) is 3.08. The zero-order valence-corrected chi connectivity index (χ0v) is 11.6. The van der Waals surface area contributed by atoms with Crippen LogP contribution in [-0.2, 0) is 6.54 Å². The van der Waals surface area contributed by atoms with Crippen LogP contribution in [0.25, 0.3) is 0 Å². The maximum absolute atomic E-state index is 5.35. The van der Waals surface area contributed by atoms with Gasteiger partial charge in [-0.25, -0.2) is 0 Å². The van der Waals surface area contributed by atoms with Gasteiger partial charge in [0.25, 0.3) is 5.95 Å². The van der Waals surface area contributed by atoms with Gasteiger partial charge in [-0.1, -0.05) is 25.7 Å². The minimum Gasteiger partial charge on any atom is -0.338 e. The molecular weight excluding hydrogens is 240 g/mol. The predicted octanol–water partition coefficient (Wildman–Crippen LogP) is 2.48. The molecule has 1 aliphatic heterocycles. The van der Waals surface area contributed by atoms with Gasteiger partial charge in [0.15, 0.2) is 0 Å². The van der Waals surface area contributed by atoms with E-state index in [1.54, 1.807) is 0 Å². The molecule has 1 saturated heterocycles. The van der Waals surface area contributed by atoms with E-state index in [2.05, 4.69) is 20.4 Å². The van der Waals surface area contributed by atoms with Crippen LogP contribution in [0.5, 0.6) is 0 Å². The summed E-state index contributed by atoms with van der Waals surface area (Å²) in [6, 6.07) is 0.647. The zero-order valence-electron chi connectivity index (χ0n) is 11.6. The van der Waals surface area contributed by atoms with Gasteiger partial charge in [0, 0.05) is 19.1 Å². The van der Waals surface area contributed by atoms with E-state index in [-0.39, 0.29) is 0 Å². The largest absolute Gasteiger partial charge is 0.338 e. The molecule has 19 heavy (non-hydrogen) atoms.